The smallest absolute Gasteiger partial charge is 0.0645 e. The molecule has 0 bridgehead atoms. The predicted octanol–water partition coefficient (Wildman–Crippen LogP) is 6.70. The van der Waals surface area contributed by atoms with Crippen molar-refractivity contribution in [3.63, 3.8) is 0 Å². The summed E-state index contributed by atoms with van der Waals surface area (Å²) >= 11 is 3.54. The lowest BCUT2D eigenvalue weighted by molar-refractivity contribution is 1.18. The van der Waals surface area contributed by atoms with Crippen LogP contribution in [0.4, 0.5) is 0 Å². The number of hydrogen-bond acceptors (Lipinski definition) is 0. The first-order valence-corrected chi connectivity index (χ1v) is 8.38. The van der Waals surface area contributed by atoms with E-state index in [1.54, 1.807) is 4.57 Å². The second-order valence-electron chi connectivity index (χ2n) is 5.65. The van der Waals surface area contributed by atoms with E-state index in [1.165, 1.54) is 0 Å². The Morgan fingerprint density at radius 3 is 2.46 bits per heavy atom. The first-order chi connectivity index (χ1) is 13.9. The molecule has 114 valence electrons. The third-order valence-electron chi connectivity index (χ3n) is 4.33. The largest absolute Gasteiger partial charge is 0.309 e. The highest BCUT2D eigenvalue weighted by atomic mass is 79.9. The van der Waals surface area contributed by atoms with Crippen LogP contribution in [0.15, 0.2) is 89.3 Å². The average molecular weight is 377 g/mol. The van der Waals surface area contributed by atoms with Gasteiger partial charge in [-0.25, -0.2) is 0 Å². The molecule has 5 aromatic rings. The molecule has 2 heteroatoms. The first-order valence-electron chi connectivity index (χ1n) is 10.1. The summed E-state index contributed by atoms with van der Waals surface area (Å²) < 4.78 is 43.7. The summed E-state index contributed by atoms with van der Waals surface area (Å²) in [5.74, 6) is 0. The number of rotatable bonds is 1. The minimum atomic E-state index is -0.391. The van der Waals surface area contributed by atoms with E-state index < -0.39 is 6.04 Å². The van der Waals surface area contributed by atoms with Crippen molar-refractivity contribution in [2.75, 3.05) is 0 Å². The third kappa shape index (κ3) is 1.93. The van der Waals surface area contributed by atoms with Gasteiger partial charge in [-0.3, -0.25) is 0 Å². The van der Waals surface area contributed by atoms with E-state index in [-0.39, 0.29) is 29.9 Å². The van der Waals surface area contributed by atoms with Gasteiger partial charge in [0.25, 0.3) is 0 Å². The Kier molecular flexibility index (Phi) is 2.10. The summed E-state index contributed by atoms with van der Waals surface area (Å²) in [6.45, 7) is 0. The van der Waals surface area contributed by atoms with Gasteiger partial charge in [0.05, 0.1) is 17.9 Å². The van der Waals surface area contributed by atoms with Gasteiger partial charge in [-0.15, -0.1) is 0 Å². The molecule has 0 saturated heterocycles. The molecule has 0 aliphatic carbocycles. The van der Waals surface area contributed by atoms with Gasteiger partial charge in [-0.1, -0.05) is 64.4 Å². The predicted molar refractivity (Wildman–Crippen MR) is 106 cm³/mol. The molecule has 0 unspecified atom stereocenters. The minimum Gasteiger partial charge on any atom is -0.309 e. The highest BCUT2D eigenvalue weighted by molar-refractivity contribution is 9.10. The van der Waals surface area contributed by atoms with Crippen LogP contribution < -0.4 is 0 Å². The number of para-hydroxylation sites is 1. The highest BCUT2D eigenvalue weighted by Gasteiger charge is 2.14. The van der Waals surface area contributed by atoms with Crippen LogP contribution in [0.3, 0.4) is 0 Å². The minimum absolute atomic E-state index is 0.161. The Balaban J connectivity index is 2.08. The summed E-state index contributed by atoms with van der Waals surface area (Å²) in [4.78, 5) is 0. The number of fused-ring (bicyclic) bond motifs is 5. The number of halogens is 1. The van der Waals surface area contributed by atoms with Crippen molar-refractivity contribution < 1.29 is 6.85 Å². The number of nitrogens with zero attached hydrogens (tertiary/aromatic N) is 1. The van der Waals surface area contributed by atoms with Gasteiger partial charge in [0.2, 0.25) is 0 Å². The number of hydrogen-bond donors (Lipinski definition) is 0. The summed E-state index contributed by atoms with van der Waals surface area (Å²) in [5.41, 5.74) is 1.75. The Morgan fingerprint density at radius 1 is 0.792 bits per heavy atom. The molecule has 0 atom stereocenters. The number of benzene rings is 4. The van der Waals surface area contributed by atoms with Gasteiger partial charge in [-0.2, -0.15) is 0 Å². The van der Waals surface area contributed by atoms with Crippen molar-refractivity contribution in [3.8, 4) is 5.69 Å². The molecule has 0 fully saturated rings. The zero-order valence-electron chi connectivity index (χ0n) is 17.5. The molecular formula is C22H14BrN. The lowest BCUT2D eigenvalue weighted by Gasteiger charge is -2.07. The van der Waals surface area contributed by atoms with Crippen LogP contribution in [-0.4, -0.2) is 4.57 Å². The zero-order chi connectivity index (χ0) is 20.4. The fraction of sp³-hybridized carbons (Fsp3) is 0. The van der Waals surface area contributed by atoms with Crippen LogP contribution in [0.25, 0.3) is 38.3 Å². The van der Waals surface area contributed by atoms with E-state index in [1.807, 2.05) is 54.6 Å². The Hall–Kier alpha value is -2.58. The Labute approximate surface area is 155 Å². The summed E-state index contributed by atoms with van der Waals surface area (Å²) in [5, 5.41) is 4.09. The van der Waals surface area contributed by atoms with Crippen LogP contribution in [0.2, 0.25) is 0 Å². The number of aromatic nitrogens is 1. The lowest BCUT2D eigenvalue weighted by Crippen LogP contribution is -1.92. The first kappa shape index (κ1) is 9.65. The molecule has 0 aliphatic rings. The van der Waals surface area contributed by atoms with Crippen molar-refractivity contribution in [2.24, 2.45) is 0 Å². The van der Waals surface area contributed by atoms with Crippen molar-refractivity contribution in [3.05, 3.63) is 89.3 Å². The van der Waals surface area contributed by atoms with E-state index in [9.17, 15) is 0 Å². The van der Waals surface area contributed by atoms with Crippen LogP contribution >= 0.6 is 15.9 Å². The van der Waals surface area contributed by atoms with Gasteiger partial charge in [0.15, 0.2) is 0 Å². The molecular weight excluding hydrogens is 358 g/mol. The molecule has 0 aliphatic heterocycles. The molecule has 0 radical (unpaired) electrons. The van der Waals surface area contributed by atoms with Crippen molar-refractivity contribution in [1.29, 1.82) is 0 Å². The van der Waals surface area contributed by atoms with Crippen molar-refractivity contribution in [1.82, 2.24) is 4.57 Å². The second kappa shape index (κ2) is 5.22. The van der Waals surface area contributed by atoms with Crippen LogP contribution in [0.5, 0.6) is 0 Å². The van der Waals surface area contributed by atoms with Crippen LogP contribution in [-0.2, 0) is 0 Å². The molecule has 24 heavy (non-hydrogen) atoms. The lowest BCUT2D eigenvalue weighted by atomic mass is 10.0. The second-order valence-corrected chi connectivity index (χ2v) is 6.57. The average Bonchev–Trinajstić information content (AvgIpc) is 3.05. The van der Waals surface area contributed by atoms with Crippen molar-refractivity contribution >= 4 is 48.5 Å². The summed E-state index contributed by atoms with van der Waals surface area (Å²) in [7, 11) is 0. The van der Waals surface area contributed by atoms with Crippen LogP contribution in [0.1, 0.15) is 6.85 Å². The SMILES string of the molecule is [2H]c1c([2H])c([2H])c(-n2c3ccc(Br)cc3c3c4ccccc4ccc32)c([2H])c1[2H]. The van der Waals surface area contributed by atoms with E-state index >= 15 is 0 Å². The molecule has 0 saturated carbocycles. The van der Waals surface area contributed by atoms with E-state index in [2.05, 4.69) is 15.9 Å². The zero-order valence-corrected chi connectivity index (χ0v) is 14.1. The Bertz CT molecular complexity index is 1440. The molecule has 1 nitrogen and oxygen atoms in total. The van der Waals surface area contributed by atoms with Crippen molar-refractivity contribution in [2.45, 2.75) is 0 Å². The summed E-state index contributed by atoms with van der Waals surface area (Å²) in [6.07, 6.45) is 0. The van der Waals surface area contributed by atoms with E-state index in [0.29, 0.717) is 0 Å². The normalized spacial score (nSPS) is 14.5. The molecule has 0 spiro atoms. The van der Waals surface area contributed by atoms with E-state index in [4.69, 9.17) is 6.85 Å². The quantitative estimate of drug-likeness (QED) is 0.306. The molecule has 1 aromatic heterocycles. The fourth-order valence-corrected chi connectivity index (χ4v) is 3.72. The molecule has 0 N–H and O–H groups in total. The van der Waals surface area contributed by atoms with Gasteiger partial charge in [-0.05, 0) is 47.1 Å². The maximum Gasteiger partial charge on any atom is 0.0645 e. The van der Waals surface area contributed by atoms with E-state index in [0.717, 1.165) is 37.1 Å². The fourth-order valence-electron chi connectivity index (χ4n) is 3.36. The van der Waals surface area contributed by atoms with Gasteiger partial charge < -0.3 is 4.57 Å². The third-order valence-corrected chi connectivity index (χ3v) is 4.82. The molecule has 4 aromatic carbocycles. The molecule has 5 rings (SSSR count). The van der Waals surface area contributed by atoms with Gasteiger partial charge in [0.1, 0.15) is 0 Å². The molecule has 1 heterocycles. The van der Waals surface area contributed by atoms with Gasteiger partial charge in [0, 0.05) is 20.9 Å². The molecule has 0 amide bonds. The van der Waals surface area contributed by atoms with Crippen LogP contribution in [0, 0.1) is 0 Å². The topological polar surface area (TPSA) is 4.93 Å². The maximum atomic E-state index is 8.46. The standard InChI is InChI=1S/C22H14BrN/c23-16-11-13-20-19(14-16)22-18-9-5-4-6-15(18)10-12-21(22)24(20)17-7-2-1-3-8-17/h1-14H/i1D,2D,3D,7D,8D. The monoisotopic (exact) mass is 376 g/mol. The Morgan fingerprint density at radius 2 is 1.58 bits per heavy atom. The maximum absolute atomic E-state index is 8.46. The highest BCUT2D eigenvalue weighted by Crippen LogP contribution is 2.37. The summed E-state index contributed by atoms with van der Waals surface area (Å²) in [6, 6.07) is 16.3. The van der Waals surface area contributed by atoms with Gasteiger partial charge >= 0.3 is 0 Å².